The first-order chi connectivity index (χ1) is 10.1. The van der Waals surface area contributed by atoms with Crippen LogP contribution in [0.15, 0.2) is 60.7 Å². The highest BCUT2D eigenvalue weighted by Crippen LogP contribution is 2.31. The molecule has 3 rings (SSSR count). The Kier molecular flexibility index (Phi) is 4.27. The number of rotatable bonds is 3. The highest BCUT2D eigenvalue weighted by molar-refractivity contribution is 9.09. The maximum Gasteiger partial charge on any atom is 0.142 e. The van der Waals surface area contributed by atoms with Crippen molar-refractivity contribution in [3.63, 3.8) is 0 Å². The molecule has 0 spiro atoms. The number of benzene rings is 3. The fourth-order valence-electron chi connectivity index (χ4n) is 2.49. The van der Waals surface area contributed by atoms with Gasteiger partial charge in [0, 0.05) is 4.83 Å². The average molecular weight is 364 g/mol. The lowest BCUT2D eigenvalue weighted by Crippen LogP contribution is -1.97. The molecule has 3 heteroatoms. The molecule has 0 aliphatic carbocycles. The Labute approximate surface area is 136 Å². The zero-order chi connectivity index (χ0) is 14.8. The van der Waals surface area contributed by atoms with Gasteiger partial charge >= 0.3 is 0 Å². The standard InChI is InChI=1S/C18H13BrClF/c19-16(14-8-9-17(20)18(21)11-14)10-13-6-3-5-12-4-1-2-7-15(12)13/h1-9,11,16H,10H2. The third-order valence-corrected chi connectivity index (χ3v) is 4.74. The minimum atomic E-state index is -0.378. The Bertz CT molecular complexity index is 780. The summed E-state index contributed by atoms with van der Waals surface area (Å²) in [5.74, 6) is -0.378. The van der Waals surface area contributed by atoms with E-state index >= 15 is 0 Å². The van der Waals surface area contributed by atoms with Gasteiger partial charge in [-0.2, -0.15) is 0 Å². The van der Waals surface area contributed by atoms with Gasteiger partial charge in [0.2, 0.25) is 0 Å². The summed E-state index contributed by atoms with van der Waals surface area (Å²) in [7, 11) is 0. The maximum absolute atomic E-state index is 13.6. The molecule has 0 radical (unpaired) electrons. The van der Waals surface area contributed by atoms with Crippen LogP contribution >= 0.6 is 27.5 Å². The molecule has 3 aromatic carbocycles. The predicted octanol–water partition coefficient (Wildman–Crippen LogP) is 6.31. The molecule has 0 amide bonds. The molecule has 0 aliphatic rings. The Morgan fingerprint density at radius 3 is 2.57 bits per heavy atom. The van der Waals surface area contributed by atoms with Crippen molar-refractivity contribution in [2.75, 3.05) is 0 Å². The summed E-state index contributed by atoms with van der Waals surface area (Å²) >= 11 is 9.39. The third-order valence-electron chi connectivity index (χ3n) is 3.58. The molecular formula is C18H13BrClF. The van der Waals surface area contributed by atoms with Crippen molar-refractivity contribution >= 4 is 38.3 Å². The van der Waals surface area contributed by atoms with Gasteiger partial charge in [0.15, 0.2) is 0 Å². The molecule has 0 heterocycles. The fraction of sp³-hybridized carbons (Fsp3) is 0.111. The van der Waals surface area contributed by atoms with Gasteiger partial charge in [-0.1, -0.05) is 76.1 Å². The maximum atomic E-state index is 13.6. The summed E-state index contributed by atoms with van der Waals surface area (Å²) in [5, 5.41) is 2.61. The molecule has 0 saturated heterocycles. The van der Waals surface area contributed by atoms with E-state index in [1.807, 2.05) is 18.2 Å². The predicted molar refractivity (Wildman–Crippen MR) is 90.7 cm³/mol. The minimum absolute atomic E-state index is 0.0510. The van der Waals surface area contributed by atoms with Crippen LogP contribution in [0.1, 0.15) is 16.0 Å². The highest BCUT2D eigenvalue weighted by atomic mass is 79.9. The molecule has 0 N–H and O–H groups in total. The molecule has 106 valence electrons. The van der Waals surface area contributed by atoms with Crippen molar-refractivity contribution in [3.8, 4) is 0 Å². The zero-order valence-electron chi connectivity index (χ0n) is 11.2. The SMILES string of the molecule is Fc1cc(C(Br)Cc2cccc3ccccc23)ccc1Cl. The molecule has 0 aliphatic heterocycles. The van der Waals surface area contributed by atoms with Crippen LogP contribution in [-0.2, 0) is 6.42 Å². The Morgan fingerprint density at radius 2 is 1.76 bits per heavy atom. The van der Waals surface area contributed by atoms with Gasteiger partial charge in [0.05, 0.1) is 5.02 Å². The number of hydrogen-bond donors (Lipinski definition) is 0. The fourth-order valence-corrected chi connectivity index (χ4v) is 3.24. The topological polar surface area (TPSA) is 0 Å². The van der Waals surface area contributed by atoms with E-state index in [9.17, 15) is 4.39 Å². The quantitative estimate of drug-likeness (QED) is 0.478. The van der Waals surface area contributed by atoms with Gasteiger partial charge in [-0.3, -0.25) is 0 Å². The Morgan fingerprint density at radius 1 is 1.00 bits per heavy atom. The first kappa shape index (κ1) is 14.6. The molecule has 0 saturated carbocycles. The summed E-state index contributed by atoms with van der Waals surface area (Å²) in [6.45, 7) is 0. The van der Waals surface area contributed by atoms with E-state index in [0.717, 1.165) is 12.0 Å². The molecule has 3 aromatic rings. The second kappa shape index (κ2) is 6.17. The van der Waals surface area contributed by atoms with E-state index in [2.05, 4.69) is 46.3 Å². The van der Waals surface area contributed by atoms with Crippen molar-refractivity contribution in [1.29, 1.82) is 0 Å². The van der Waals surface area contributed by atoms with Crippen LogP contribution in [-0.4, -0.2) is 0 Å². The molecular weight excluding hydrogens is 351 g/mol. The summed E-state index contributed by atoms with van der Waals surface area (Å²) in [6, 6.07) is 19.5. The van der Waals surface area contributed by atoms with E-state index < -0.39 is 0 Å². The van der Waals surface area contributed by atoms with Crippen molar-refractivity contribution < 1.29 is 4.39 Å². The molecule has 0 bridgehead atoms. The third kappa shape index (κ3) is 3.12. The Balaban J connectivity index is 1.92. The number of alkyl halides is 1. The Hall–Kier alpha value is -1.38. The van der Waals surface area contributed by atoms with Crippen molar-refractivity contribution in [2.24, 2.45) is 0 Å². The van der Waals surface area contributed by atoms with Gasteiger partial charge in [0.25, 0.3) is 0 Å². The zero-order valence-corrected chi connectivity index (χ0v) is 13.5. The van der Waals surface area contributed by atoms with Crippen LogP contribution in [0.5, 0.6) is 0 Å². The highest BCUT2D eigenvalue weighted by Gasteiger charge is 2.12. The van der Waals surface area contributed by atoms with Gasteiger partial charge < -0.3 is 0 Å². The van der Waals surface area contributed by atoms with E-state index in [1.165, 1.54) is 22.4 Å². The molecule has 0 fully saturated rings. The normalized spacial score (nSPS) is 12.5. The summed E-state index contributed by atoms with van der Waals surface area (Å²) in [4.78, 5) is 0.0510. The minimum Gasteiger partial charge on any atom is -0.205 e. The summed E-state index contributed by atoms with van der Waals surface area (Å²) in [5.41, 5.74) is 2.13. The van der Waals surface area contributed by atoms with Crippen LogP contribution in [0.2, 0.25) is 5.02 Å². The van der Waals surface area contributed by atoms with Crippen LogP contribution in [0.25, 0.3) is 10.8 Å². The lowest BCUT2D eigenvalue weighted by Gasteiger charge is -2.13. The summed E-state index contributed by atoms with van der Waals surface area (Å²) in [6.07, 6.45) is 0.794. The molecule has 21 heavy (non-hydrogen) atoms. The smallest absolute Gasteiger partial charge is 0.142 e. The van der Waals surface area contributed by atoms with Crippen LogP contribution < -0.4 is 0 Å². The van der Waals surface area contributed by atoms with Gasteiger partial charge in [0.1, 0.15) is 5.82 Å². The van der Waals surface area contributed by atoms with E-state index in [4.69, 9.17) is 11.6 Å². The molecule has 1 atom stereocenters. The first-order valence-electron chi connectivity index (χ1n) is 6.71. The monoisotopic (exact) mass is 362 g/mol. The largest absolute Gasteiger partial charge is 0.205 e. The van der Waals surface area contributed by atoms with Crippen LogP contribution in [0.3, 0.4) is 0 Å². The van der Waals surface area contributed by atoms with Crippen LogP contribution in [0.4, 0.5) is 4.39 Å². The average Bonchev–Trinajstić information content (AvgIpc) is 2.50. The molecule has 1 unspecified atom stereocenters. The number of hydrogen-bond acceptors (Lipinski definition) is 0. The van der Waals surface area contributed by atoms with Gasteiger partial charge in [-0.05, 0) is 40.5 Å². The van der Waals surface area contributed by atoms with E-state index in [-0.39, 0.29) is 15.7 Å². The van der Waals surface area contributed by atoms with Gasteiger partial charge in [-0.25, -0.2) is 4.39 Å². The van der Waals surface area contributed by atoms with Crippen molar-refractivity contribution in [1.82, 2.24) is 0 Å². The first-order valence-corrected chi connectivity index (χ1v) is 8.00. The van der Waals surface area contributed by atoms with Crippen LogP contribution in [0, 0.1) is 5.82 Å². The lowest BCUT2D eigenvalue weighted by atomic mass is 9.98. The molecule has 0 aromatic heterocycles. The number of halogens is 3. The van der Waals surface area contributed by atoms with Crippen molar-refractivity contribution in [3.05, 3.63) is 82.6 Å². The van der Waals surface area contributed by atoms with Crippen molar-refractivity contribution in [2.45, 2.75) is 11.2 Å². The lowest BCUT2D eigenvalue weighted by molar-refractivity contribution is 0.625. The molecule has 0 nitrogen and oxygen atoms in total. The number of fused-ring (bicyclic) bond motifs is 1. The van der Waals surface area contributed by atoms with E-state index in [0.29, 0.717) is 0 Å². The van der Waals surface area contributed by atoms with E-state index in [1.54, 1.807) is 6.07 Å². The van der Waals surface area contributed by atoms with Gasteiger partial charge in [-0.15, -0.1) is 0 Å². The second-order valence-corrected chi connectivity index (χ2v) is 6.50. The second-order valence-electron chi connectivity index (χ2n) is 4.98. The summed E-state index contributed by atoms with van der Waals surface area (Å²) < 4.78 is 13.6.